The molecule has 140 valence electrons. The summed E-state index contributed by atoms with van der Waals surface area (Å²) in [6.45, 7) is 2.56. The summed E-state index contributed by atoms with van der Waals surface area (Å²) in [5.41, 5.74) is 3.23. The van der Waals surface area contributed by atoms with E-state index in [1.165, 1.54) is 5.56 Å². The smallest absolute Gasteiger partial charge is 0.226 e. The van der Waals surface area contributed by atoms with Crippen LogP contribution in [0.15, 0.2) is 66.0 Å². The zero-order valence-corrected chi connectivity index (χ0v) is 16.4. The lowest BCUT2D eigenvalue weighted by atomic mass is 10.2. The van der Waals surface area contributed by atoms with E-state index in [0.29, 0.717) is 13.0 Å². The molecule has 3 aromatic rings. The van der Waals surface area contributed by atoms with Crippen LogP contribution in [0.1, 0.15) is 17.7 Å². The van der Waals surface area contributed by atoms with Gasteiger partial charge in [0.1, 0.15) is 5.01 Å². The fourth-order valence-electron chi connectivity index (χ4n) is 2.88. The predicted molar refractivity (Wildman–Crippen MR) is 112 cm³/mol. The molecule has 0 bridgehead atoms. The third-order valence-electron chi connectivity index (χ3n) is 4.25. The minimum absolute atomic E-state index is 0.0330. The first-order valence-corrected chi connectivity index (χ1v) is 10.1. The highest BCUT2D eigenvalue weighted by molar-refractivity contribution is 7.13. The van der Waals surface area contributed by atoms with Gasteiger partial charge in [0.15, 0.2) is 0 Å². The van der Waals surface area contributed by atoms with Crippen LogP contribution >= 0.6 is 11.3 Å². The third-order valence-corrected chi connectivity index (χ3v) is 5.19. The summed E-state index contributed by atoms with van der Waals surface area (Å²) in [6, 6.07) is 20.5. The van der Waals surface area contributed by atoms with Crippen molar-refractivity contribution in [1.29, 1.82) is 0 Å². The van der Waals surface area contributed by atoms with Crippen molar-refractivity contribution in [2.45, 2.75) is 19.4 Å². The highest BCUT2D eigenvalue weighted by atomic mass is 32.1. The van der Waals surface area contributed by atoms with Gasteiger partial charge in [-0.2, -0.15) is 0 Å². The Morgan fingerprint density at radius 3 is 2.52 bits per heavy atom. The fourth-order valence-corrected chi connectivity index (χ4v) is 3.71. The van der Waals surface area contributed by atoms with E-state index in [-0.39, 0.29) is 5.91 Å². The van der Waals surface area contributed by atoms with Crippen molar-refractivity contribution in [2.24, 2.45) is 0 Å². The van der Waals surface area contributed by atoms with Gasteiger partial charge in [0.25, 0.3) is 0 Å². The van der Waals surface area contributed by atoms with Gasteiger partial charge in [-0.15, -0.1) is 11.3 Å². The lowest BCUT2D eigenvalue weighted by molar-refractivity contribution is -0.120. The molecule has 0 fully saturated rings. The SMILES string of the molecule is CN(CCCNC(=O)Cc1csc(-c2ccccc2)n1)Cc1ccccc1. The number of carbonyl (C=O) groups excluding carboxylic acids is 1. The van der Waals surface area contributed by atoms with Crippen molar-refractivity contribution in [3.8, 4) is 10.6 Å². The van der Waals surface area contributed by atoms with E-state index in [9.17, 15) is 4.79 Å². The van der Waals surface area contributed by atoms with Crippen LogP contribution in [0.3, 0.4) is 0 Å². The van der Waals surface area contributed by atoms with Gasteiger partial charge in [-0.1, -0.05) is 60.7 Å². The van der Waals surface area contributed by atoms with Gasteiger partial charge in [0, 0.05) is 24.0 Å². The fraction of sp³-hybridized carbons (Fsp3) is 0.273. The third kappa shape index (κ3) is 6.31. The van der Waals surface area contributed by atoms with Gasteiger partial charge in [-0.25, -0.2) is 4.98 Å². The summed E-state index contributed by atoms with van der Waals surface area (Å²) in [7, 11) is 2.11. The molecular formula is C22H25N3OS. The number of nitrogens with one attached hydrogen (secondary N) is 1. The largest absolute Gasteiger partial charge is 0.356 e. The van der Waals surface area contributed by atoms with Crippen LogP contribution < -0.4 is 5.32 Å². The minimum atomic E-state index is 0.0330. The molecule has 5 heteroatoms. The van der Waals surface area contributed by atoms with Crippen LogP contribution in [0.2, 0.25) is 0 Å². The molecule has 2 aromatic carbocycles. The molecule has 0 spiro atoms. The van der Waals surface area contributed by atoms with Crippen LogP contribution in [0.25, 0.3) is 10.6 Å². The Kier molecular flexibility index (Phi) is 7.13. The number of benzene rings is 2. The molecule has 1 aromatic heterocycles. The number of nitrogens with zero attached hydrogens (tertiary/aromatic N) is 2. The number of thiazole rings is 1. The monoisotopic (exact) mass is 379 g/mol. The molecule has 1 N–H and O–H groups in total. The number of hydrogen-bond acceptors (Lipinski definition) is 4. The quantitative estimate of drug-likeness (QED) is 0.572. The van der Waals surface area contributed by atoms with E-state index in [2.05, 4.69) is 46.5 Å². The zero-order valence-electron chi connectivity index (χ0n) is 15.6. The van der Waals surface area contributed by atoms with Crippen LogP contribution in [0.5, 0.6) is 0 Å². The summed E-state index contributed by atoms with van der Waals surface area (Å²) in [4.78, 5) is 19.0. The Labute approximate surface area is 164 Å². The van der Waals surface area contributed by atoms with Gasteiger partial charge >= 0.3 is 0 Å². The van der Waals surface area contributed by atoms with Crippen LogP contribution in [0.4, 0.5) is 0 Å². The summed E-state index contributed by atoms with van der Waals surface area (Å²) >= 11 is 1.58. The van der Waals surface area contributed by atoms with Crippen molar-refractivity contribution in [3.63, 3.8) is 0 Å². The number of carbonyl (C=O) groups is 1. The van der Waals surface area contributed by atoms with E-state index >= 15 is 0 Å². The second-order valence-electron chi connectivity index (χ2n) is 6.61. The Morgan fingerprint density at radius 2 is 1.78 bits per heavy atom. The number of rotatable bonds is 9. The Morgan fingerprint density at radius 1 is 1.07 bits per heavy atom. The molecule has 0 radical (unpaired) electrons. The maximum Gasteiger partial charge on any atom is 0.226 e. The van der Waals surface area contributed by atoms with E-state index < -0.39 is 0 Å². The first-order valence-electron chi connectivity index (χ1n) is 9.20. The molecule has 0 aliphatic heterocycles. The molecule has 0 atom stereocenters. The molecule has 1 amide bonds. The summed E-state index contributed by atoms with van der Waals surface area (Å²) in [5.74, 6) is 0.0330. The second-order valence-corrected chi connectivity index (χ2v) is 7.47. The average molecular weight is 380 g/mol. The first-order chi connectivity index (χ1) is 13.2. The van der Waals surface area contributed by atoms with Gasteiger partial charge in [-0.3, -0.25) is 4.79 Å². The van der Waals surface area contributed by atoms with Crippen molar-refractivity contribution in [1.82, 2.24) is 15.2 Å². The Balaban J connectivity index is 1.36. The van der Waals surface area contributed by atoms with E-state index in [1.807, 2.05) is 41.8 Å². The topological polar surface area (TPSA) is 45.2 Å². The van der Waals surface area contributed by atoms with E-state index in [4.69, 9.17) is 0 Å². The second kappa shape index (κ2) is 10.00. The highest BCUT2D eigenvalue weighted by Crippen LogP contribution is 2.23. The highest BCUT2D eigenvalue weighted by Gasteiger charge is 2.09. The first kappa shape index (κ1) is 19.3. The molecule has 0 unspecified atom stereocenters. The van der Waals surface area contributed by atoms with Crippen LogP contribution in [0, 0.1) is 0 Å². The normalized spacial score (nSPS) is 10.9. The van der Waals surface area contributed by atoms with Gasteiger partial charge in [0.05, 0.1) is 12.1 Å². The molecule has 1 heterocycles. The van der Waals surface area contributed by atoms with Crippen molar-refractivity contribution >= 4 is 17.2 Å². The standard InChI is InChI=1S/C22H25N3OS/c1-25(16-18-9-4-2-5-10-18)14-8-13-23-21(26)15-20-17-27-22(24-20)19-11-6-3-7-12-19/h2-7,9-12,17H,8,13-16H2,1H3,(H,23,26). The molecular weight excluding hydrogens is 354 g/mol. The number of aromatic nitrogens is 1. The lowest BCUT2D eigenvalue weighted by Crippen LogP contribution is -2.29. The molecule has 3 rings (SSSR count). The molecule has 4 nitrogen and oxygen atoms in total. The van der Waals surface area contributed by atoms with Gasteiger partial charge in [0.2, 0.25) is 5.91 Å². The zero-order chi connectivity index (χ0) is 18.9. The van der Waals surface area contributed by atoms with E-state index in [0.717, 1.165) is 35.8 Å². The molecule has 0 saturated heterocycles. The van der Waals surface area contributed by atoms with Crippen LogP contribution in [-0.2, 0) is 17.8 Å². The Bertz CT molecular complexity index is 833. The van der Waals surface area contributed by atoms with E-state index in [1.54, 1.807) is 11.3 Å². The Hall–Kier alpha value is -2.50. The molecule has 0 aliphatic carbocycles. The average Bonchev–Trinajstić information content (AvgIpc) is 3.15. The van der Waals surface area contributed by atoms with Crippen LogP contribution in [-0.4, -0.2) is 35.9 Å². The van der Waals surface area contributed by atoms with Crippen molar-refractivity contribution in [2.75, 3.05) is 20.1 Å². The summed E-state index contributed by atoms with van der Waals surface area (Å²) in [6.07, 6.45) is 1.27. The summed E-state index contributed by atoms with van der Waals surface area (Å²) < 4.78 is 0. The molecule has 0 saturated carbocycles. The number of hydrogen-bond donors (Lipinski definition) is 1. The maximum absolute atomic E-state index is 12.1. The minimum Gasteiger partial charge on any atom is -0.356 e. The maximum atomic E-state index is 12.1. The predicted octanol–water partition coefficient (Wildman–Crippen LogP) is 3.99. The lowest BCUT2D eigenvalue weighted by Gasteiger charge is -2.16. The number of amides is 1. The van der Waals surface area contributed by atoms with Gasteiger partial charge < -0.3 is 10.2 Å². The molecule has 0 aliphatic rings. The molecule has 27 heavy (non-hydrogen) atoms. The van der Waals surface area contributed by atoms with Gasteiger partial charge in [-0.05, 0) is 25.6 Å². The summed E-state index contributed by atoms with van der Waals surface area (Å²) in [5, 5.41) is 5.93. The van der Waals surface area contributed by atoms with Crippen molar-refractivity contribution in [3.05, 3.63) is 77.3 Å². The van der Waals surface area contributed by atoms with Crippen molar-refractivity contribution < 1.29 is 4.79 Å².